The van der Waals surface area contributed by atoms with Crippen molar-refractivity contribution < 1.29 is 14.2 Å². The zero-order valence-corrected chi connectivity index (χ0v) is 17.8. The van der Waals surface area contributed by atoms with E-state index in [1.807, 2.05) is 36.4 Å². The third-order valence-electron chi connectivity index (χ3n) is 5.83. The molecule has 1 aliphatic heterocycles. The van der Waals surface area contributed by atoms with Crippen LogP contribution in [0.15, 0.2) is 48.5 Å². The van der Waals surface area contributed by atoms with Gasteiger partial charge >= 0.3 is 0 Å². The maximum atomic E-state index is 5.96. The zero-order chi connectivity index (χ0) is 19.2. The lowest BCUT2D eigenvalue weighted by Crippen LogP contribution is -2.50. The van der Waals surface area contributed by atoms with Crippen molar-refractivity contribution in [2.24, 2.45) is 5.92 Å². The lowest BCUT2D eigenvalue weighted by molar-refractivity contribution is 0.0524. The van der Waals surface area contributed by atoms with Gasteiger partial charge in [0.2, 0.25) is 0 Å². The molecule has 0 bridgehead atoms. The number of hydrogen-bond donors (Lipinski definition) is 2. The third kappa shape index (κ3) is 5.64. The monoisotopic (exact) mass is 418 g/mol. The largest absolute Gasteiger partial charge is 0.493 e. The summed E-state index contributed by atoms with van der Waals surface area (Å²) in [4.78, 5) is 0. The van der Waals surface area contributed by atoms with Crippen LogP contribution in [0.25, 0.3) is 0 Å². The summed E-state index contributed by atoms with van der Waals surface area (Å²) >= 11 is 0. The lowest BCUT2D eigenvalue weighted by Gasteiger charge is -2.33. The van der Waals surface area contributed by atoms with Crippen LogP contribution >= 0.6 is 12.4 Å². The molecule has 158 valence electrons. The Bertz CT molecular complexity index is 750. The summed E-state index contributed by atoms with van der Waals surface area (Å²) in [5.41, 5.74) is 1.27. The Balaban J connectivity index is 0.00000240. The first kappa shape index (κ1) is 21.9. The minimum Gasteiger partial charge on any atom is -0.493 e. The molecule has 0 amide bonds. The van der Waals surface area contributed by atoms with Gasteiger partial charge in [0.25, 0.3) is 0 Å². The molecule has 3 unspecified atom stereocenters. The molecule has 4 rings (SSSR count). The van der Waals surface area contributed by atoms with Crippen LogP contribution in [0.2, 0.25) is 0 Å². The van der Waals surface area contributed by atoms with Crippen LogP contribution in [-0.4, -0.2) is 39.0 Å². The number of hydrogen-bond acceptors (Lipinski definition) is 5. The molecule has 1 aliphatic carbocycles. The minimum atomic E-state index is 0. The summed E-state index contributed by atoms with van der Waals surface area (Å²) in [6.45, 7) is 3.54. The van der Waals surface area contributed by atoms with Crippen LogP contribution in [0.4, 0.5) is 0 Å². The van der Waals surface area contributed by atoms with Gasteiger partial charge < -0.3 is 24.8 Å². The maximum Gasteiger partial charge on any atom is 0.169 e. The minimum absolute atomic E-state index is 0. The Kier molecular flexibility index (Phi) is 8.19. The molecule has 2 N–H and O–H groups in total. The van der Waals surface area contributed by atoms with Crippen molar-refractivity contribution in [3.05, 3.63) is 54.1 Å². The molecular weight excluding hydrogens is 388 g/mol. The quantitative estimate of drug-likeness (QED) is 0.707. The van der Waals surface area contributed by atoms with E-state index in [0.717, 1.165) is 43.6 Å². The summed E-state index contributed by atoms with van der Waals surface area (Å²) < 4.78 is 17.0. The van der Waals surface area contributed by atoms with Crippen LogP contribution in [0.1, 0.15) is 24.8 Å². The fourth-order valence-corrected chi connectivity index (χ4v) is 4.34. The standard InChI is InChI=1S/C23H30N2O3.ClH/c1-26-22-7-2-3-8-23(22)28-18-11-9-17(10-12-18)15-25-20-6-4-5-19(20)21-16-27-14-13-24-21;/h2-3,7-12,19-21,24-25H,4-6,13-16H2,1H3;1H. The SMILES string of the molecule is COc1ccccc1Oc1ccc(CNC2CCCC2C2COCCN2)cc1.Cl. The van der Waals surface area contributed by atoms with Gasteiger partial charge in [0.15, 0.2) is 11.5 Å². The number of morpholine rings is 1. The molecule has 2 aromatic rings. The second-order valence-corrected chi connectivity index (χ2v) is 7.61. The number of para-hydroxylation sites is 2. The van der Waals surface area contributed by atoms with Gasteiger partial charge in [-0.3, -0.25) is 0 Å². The van der Waals surface area contributed by atoms with Crippen LogP contribution in [0.5, 0.6) is 17.2 Å². The van der Waals surface area contributed by atoms with E-state index < -0.39 is 0 Å². The third-order valence-corrected chi connectivity index (χ3v) is 5.83. The molecule has 3 atom stereocenters. The Morgan fingerprint density at radius 3 is 2.59 bits per heavy atom. The molecule has 1 saturated heterocycles. The van der Waals surface area contributed by atoms with Gasteiger partial charge in [-0.1, -0.05) is 30.7 Å². The highest BCUT2D eigenvalue weighted by Crippen LogP contribution is 2.32. The molecule has 0 spiro atoms. The van der Waals surface area contributed by atoms with Crippen molar-refractivity contribution in [1.29, 1.82) is 0 Å². The topological polar surface area (TPSA) is 51.8 Å². The Morgan fingerprint density at radius 2 is 1.86 bits per heavy atom. The second kappa shape index (κ2) is 10.8. The first-order chi connectivity index (χ1) is 13.8. The summed E-state index contributed by atoms with van der Waals surface area (Å²) in [7, 11) is 1.65. The summed E-state index contributed by atoms with van der Waals surface area (Å²) in [6.07, 6.45) is 3.83. The number of nitrogens with one attached hydrogen (secondary N) is 2. The van der Waals surface area contributed by atoms with Crippen molar-refractivity contribution >= 4 is 12.4 Å². The molecule has 0 aromatic heterocycles. The number of ether oxygens (including phenoxy) is 3. The predicted octanol–water partition coefficient (Wildman–Crippen LogP) is 4.16. The molecule has 6 heteroatoms. The average molecular weight is 419 g/mol. The molecule has 29 heavy (non-hydrogen) atoms. The molecule has 1 saturated carbocycles. The van der Waals surface area contributed by atoms with Crippen LogP contribution < -0.4 is 20.1 Å². The van der Waals surface area contributed by atoms with Gasteiger partial charge in [-0.05, 0) is 48.6 Å². The second-order valence-electron chi connectivity index (χ2n) is 7.61. The van der Waals surface area contributed by atoms with Gasteiger partial charge in [-0.2, -0.15) is 0 Å². The number of halogens is 1. The van der Waals surface area contributed by atoms with Crippen molar-refractivity contribution in [3.8, 4) is 17.2 Å². The molecule has 5 nitrogen and oxygen atoms in total. The summed E-state index contributed by atoms with van der Waals surface area (Å²) in [6, 6.07) is 17.0. The van der Waals surface area contributed by atoms with E-state index >= 15 is 0 Å². The molecular formula is C23H31ClN2O3. The Hall–Kier alpha value is -1.79. The van der Waals surface area contributed by atoms with Crippen LogP contribution in [0, 0.1) is 5.92 Å². The Morgan fingerprint density at radius 1 is 1.07 bits per heavy atom. The first-order valence-electron chi connectivity index (χ1n) is 10.3. The summed E-state index contributed by atoms with van der Waals surface area (Å²) in [5, 5.41) is 7.41. The predicted molar refractivity (Wildman–Crippen MR) is 117 cm³/mol. The number of rotatable bonds is 7. The molecule has 0 radical (unpaired) electrons. The van der Waals surface area contributed by atoms with E-state index in [-0.39, 0.29) is 12.4 Å². The van der Waals surface area contributed by atoms with Crippen molar-refractivity contribution in [3.63, 3.8) is 0 Å². The van der Waals surface area contributed by atoms with Gasteiger partial charge in [0.05, 0.1) is 20.3 Å². The molecule has 1 heterocycles. The highest BCUT2D eigenvalue weighted by Gasteiger charge is 2.34. The highest BCUT2D eigenvalue weighted by atomic mass is 35.5. The van der Waals surface area contributed by atoms with E-state index in [4.69, 9.17) is 14.2 Å². The van der Waals surface area contributed by atoms with Crippen LogP contribution in [-0.2, 0) is 11.3 Å². The highest BCUT2D eigenvalue weighted by molar-refractivity contribution is 5.85. The van der Waals surface area contributed by atoms with Gasteiger partial charge in [-0.25, -0.2) is 0 Å². The van der Waals surface area contributed by atoms with Gasteiger partial charge in [0.1, 0.15) is 5.75 Å². The number of methoxy groups -OCH3 is 1. The Labute approximate surface area is 179 Å². The van der Waals surface area contributed by atoms with Crippen molar-refractivity contribution in [1.82, 2.24) is 10.6 Å². The summed E-state index contributed by atoms with van der Waals surface area (Å²) in [5.74, 6) is 2.94. The number of benzene rings is 2. The van der Waals surface area contributed by atoms with E-state index in [1.54, 1.807) is 7.11 Å². The van der Waals surface area contributed by atoms with Crippen molar-refractivity contribution in [2.45, 2.75) is 37.9 Å². The maximum absolute atomic E-state index is 5.96. The molecule has 2 aliphatic rings. The van der Waals surface area contributed by atoms with E-state index in [0.29, 0.717) is 18.0 Å². The fourth-order valence-electron chi connectivity index (χ4n) is 4.34. The smallest absolute Gasteiger partial charge is 0.169 e. The normalized spacial score (nSPS) is 24.0. The van der Waals surface area contributed by atoms with E-state index in [9.17, 15) is 0 Å². The van der Waals surface area contributed by atoms with Gasteiger partial charge in [-0.15, -0.1) is 12.4 Å². The first-order valence-corrected chi connectivity index (χ1v) is 10.3. The van der Waals surface area contributed by atoms with Crippen molar-refractivity contribution in [2.75, 3.05) is 26.9 Å². The van der Waals surface area contributed by atoms with Crippen LogP contribution in [0.3, 0.4) is 0 Å². The van der Waals surface area contributed by atoms with E-state index in [2.05, 4.69) is 22.8 Å². The lowest BCUT2D eigenvalue weighted by atomic mass is 9.94. The zero-order valence-electron chi connectivity index (χ0n) is 16.9. The molecule has 2 fully saturated rings. The average Bonchev–Trinajstić information content (AvgIpc) is 3.23. The molecule has 2 aromatic carbocycles. The van der Waals surface area contributed by atoms with E-state index in [1.165, 1.54) is 24.8 Å². The fraction of sp³-hybridized carbons (Fsp3) is 0.478. The van der Waals surface area contributed by atoms with Gasteiger partial charge in [0, 0.05) is 25.2 Å².